The summed E-state index contributed by atoms with van der Waals surface area (Å²) in [7, 11) is 1.42. The number of aliphatic hydroxyl groups is 1. The van der Waals surface area contributed by atoms with Crippen molar-refractivity contribution in [2.45, 2.75) is 12.5 Å². The number of ether oxygens (including phenoxy) is 1. The van der Waals surface area contributed by atoms with Crippen LogP contribution in [0.15, 0.2) is 48.5 Å². The monoisotopic (exact) mass is 302 g/mol. The highest BCUT2D eigenvalue weighted by atomic mass is 32.1. The van der Waals surface area contributed by atoms with Crippen molar-refractivity contribution in [3.63, 3.8) is 0 Å². The van der Waals surface area contributed by atoms with Crippen LogP contribution in [0.3, 0.4) is 0 Å². The second kappa shape index (κ2) is 5.13. The summed E-state index contributed by atoms with van der Waals surface area (Å²) in [6.45, 7) is 1.68. The molecule has 0 fully saturated rings. The number of halogens is 1. The van der Waals surface area contributed by atoms with Gasteiger partial charge in [-0.1, -0.05) is 24.3 Å². The van der Waals surface area contributed by atoms with E-state index in [2.05, 4.69) is 0 Å². The maximum Gasteiger partial charge on any atom is 0.165 e. The Morgan fingerprint density at radius 2 is 1.90 bits per heavy atom. The zero-order valence-corrected chi connectivity index (χ0v) is 12.6. The first-order valence-electron chi connectivity index (χ1n) is 6.58. The summed E-state index contributed by atoms with van der Waals surface area (Å²) < 4.78 is 19.9. The molecule has 2 aromatic carbocycles. The molecule has 0 radical (unpaired) electrons. The van der Waals surface area contributed by atoms with Gasteiger partial charge in [-0.15, -0.1) is 11.3 Å². The Labute approximate surface area is 126 Å². The number of hydrogen-bond acceptors (Lipinski definition) is 3. The Bertz CT molecular complexity index is 759. The molecule has 4 heteroatoms. The minimum atomic E-state index is -1.24. The average molecular weight is 302 g/mol. The van der Waals surface area contributed by atoms with Crippen LogP contribution in [0.2, 0.25) is 0 Å². The standard InChI is InChI=1S/C17H15FO2S/c1-17(19,12-7-8-14(20-2)13(18)10-12)16-9-11-5-3-4-6-15(11)21-16/h3-10,19H,1-2H3. The first-order chi connectivity index (χ1) is 10.0. The third kappa shape index (κ3) is 2.41. The number of thiophene rings is 1. The van der Waals surface area contributed by atoms with E-state index < -0.39 is 11.4 Å². The van der Waals surface area contributed by atoms with E-state index in [1.165, 1.54) is 30.6 Å². The molecule has 1 heterocycles. The van der Waals surface area contributed by atoms with Gasteiger partial charge in [0, 0.05) is 9.58 Å². The predicted molar refractivity (Wildman–Crippen MR) is 83.4 cm³/mol. The van der Waals surface area contributed by atoms with Gasteiger partial charge < -0.3 is 9.84 Å². The lowest BCUT2D eigenvalue weighted by Crippen LogP contribution is -2.21. The van der Waals surface area contributed by atoms with Crippen LogP contribution in [0.1, 0.15) is 17.4 Å². The quantitative estimate of drug-likeness (QED) is 0.781. The van der Waals surface area contributed by atoms with Gasteiger partial charge in [-0.05, 0) is 42.1 Å². The highest BCUT2D eigenvalue weighted by Gasteiger charge is 2.28. The molecule has 0 saturated heterocycles. The first-order valence-corrected chi connectivity index (χ1v) is 7.39. The normalized spacial score (nSPS) is 14.1. The first kappa shape index (κ1) is 14.0. The van der Waals surface area contributed by atoms with E-state index in [4.69, 9.17) is 4.74 Å². The fourth-order valence-electron chi connectivity index (χ4n) is 2.33. The summed E-state index contributed by atoms with van der Waals surface area (Å²) in [5.41, 5.74) is -0.732. The van der Waals surface area contributed by atoms with Crippen LogP contribution in [0.4, 0.5) is 4.39 Å². The predicted octanol–water partition coefficient (Wildman–Crippen LogP) is 4.30. The van der Waals surface area contributed by atoms with Crippen molar-refractivity contribution in [3.8, 4) is 5.75 Å². The molecule has 0 aliphatic carbocycles. The van der Waals surface area contributed by atoms with Crippen molar-refractivity contribution in [1.82, 2.24) is 0 Å². The fourth-order valence-corrected chi connectivity index (χ4v) is 3.46. The molecule has 1 unspecified atom stereocenters. The van der Waals surface area contributed by atoms with Crippen LogP contribution in [0.25, 0.3) is 10.1 Å². The third-order valence-electron chi connectivity index (χ3n) is 3.62. The summed E-state index contributed by atoms with van der Waals surface area (Å²) in [6, 6.07) is 14.4. The topological polar surface area (TPSA) is 29.5 Å². The second-order valence-electron chi connectivity index (χ2n) is 5.07. The van der Waals surface area contributed by atoms with Gasteiger partial charge in [0.2, 0.25) is 0 Å². The maximum atomic E-state index is 13.9. The average Bonchev–Trinajstić information content (AvgIpc) is 2.92. The van der Waals surface area contributed by atoms with E-state index in [0.717, 1.165) is 15.0 Å². The Balaban J connectivity index is 2.08. The fraction of sp³-hybridized carbons (Fsp3) is 0.176. The summed E-state index contributed by atoms with van der Waals surface area (Å²) in [5, 5.41) is 11.9. The Kier molecular flexibility index (Phi) is 3.43. The van der Waals surface area contributed by atoms with Gasteiger partial charge in [-0.3, -0.25) is 0 Å². The Morgan fingerprint density at radius 1 is 1.14 bits per heavy atom. The zero-order chi connectivity index (χ0) is 15.0. The molecule has 108 valence electrons. The molecule has 1 aromatic heterocycles. The van der Waals surface area contributed by atoms with E-state index in [1.807, 2.05) is 30.3 Å². The van der Waals surface area contributed by atoms with Crippen LogP contribution in [0, 0.1) is 5.82 Å². The molecule has 2 nitrogen and oxygen atoms in total. The molecule has 3 rings (SSSR count). The molecular formula is C17H15FO2S. The van der Waals surface area contributed by atoms with E-state index in [9.17, 15) is 9.50 Å². The molecule has 0 amide bonds. The van der Waals surface area contributed by atoms with E-state index in [1.54, 1.807) is 13.0 Å². The molecule has 0 aliphatic rings. The van der Waals surface area contributed by atoms with Crippen LogP contribution in [0.5, 0.6) is 5.75 Å². The van der Waals surface area contributed by atoms with Crippen molar-refractivity contribution in [2.24, 2.45) is 0 Å². The van der Waals surface area contributed by atoms with Crippen molar-refractivity contribution in [1.29, 1.82) is 0 Å². The van der Waals surface area contributed by atoms with Crippen molar-refractivity contribution in [2.75, 3.05) is 7.11 Å². The molecule has 3 aromatic rings. The molecule has 21 heavy (non-hydrogen) atoms. The zero-order valence-electron chi connectivity index (χ0n) is 11.8. The van der Waals surface area contributed by atoms with Gasteiger partial charge in [-0.25, -0.2) is 4.39 Å². The third-order valence-corrected chi connectivity index (χ3v) is 4.95. The molecule has 1 N–H and O–H groups in total. The minimum absolute atomic E-state index is 0.172. The number of benzene rings is 2. The van der Waals surface area contributed by atoms with Crippen LogP contribution in [-0.2, 0) is 5.60 Å². The van der Waals surface area contributed by atoms with E-state index >= 15 is 0 Å². The SMILES string of the molecule is COc1ccc(C(C)(O)c2cc3ccccc3s2)cc1F. The van der Waals surface area contributed by atoms with Gasteiger partial charge >= 0.3 is 0 Å². The molecule has 0 bridgehead atoms. The summed E-state index contributed by atoms with van der Waals surface area (Å²) >= 11 is 1.51. The minimum Gasteiger partial charge on any atom is -0.494 e. The highest BCUT2D eigenvalue weighted by Crippen LogP contribution is 2.38. The smallest absolute Gasteiger partial charge is 0.165 e. The van der Waals surface area contributed by atoms with Crippen LogP contribution in [-0.4, -0.2) is 12.2 Å². The highest BCUT2D eigenvalue weighted by molar-refractivity contribution is 7.19. The van der Waals surface area contributed by atoms with Gasteiger partial charge in [0.1, 0.15) is 5.60 Å². The van der Waals surface area contributed by atoms with Gasteiger partial charge in [-0.2, -0.15) is 0 Å². The summed E-state index contributed by atoms with van der Waals surface area (Å²) in [4.78, 5) is 0.785. The van der Waals surface area contributed by atoms with Gasteiger partial charge in [0.05, 0.1) is 7.11 Å². The number of rotatable bonds is 3. The summed E-state index contributed by atoms with van der Waals surface area (Å²) in [6.07, 6.45) is 0. The van der Waals surface area contributed by atoms with Crippen molar-refractivity contribution in [3.05, 3.63) is 64.8 Å². The molecule has 0 aliphatic heterocycles. The molecule has 0 saturated carbocycles. The lowest BCUT2D eigenvalue weighted by molar-refractivity contribution is 0.106. The van der Waals surface area contributed by atoms with Crippen molar-refractivity contribution < 1.29 is 14.2 Å². The number of hydrogen-bond donors (Lipinski definition) is 1. The van der Waals surface area contributed by atoms with Gasteiger partial charge in [0.15, 0.2) is 11.6 Å². The van der Waals surface area contributed by atoms with Crippen molar-refractivity contribution >= 4 is 21.4 Å². The second-order valence-corrected chi connectivity index (χ2v) is 6.15. The van der Waals surface area contributed by atoms with Crippen LogP contribution < -0.4 is 4.74 Å². The molecular weight excluding hydrogens is 287 g/mol. The largest absolute Gasteiger partial charge is 0.494 e. The maximum absolute atomic E-state index is 13.9. The molecule has 0 spiro atoms. The van der Waals surface area contributed by atoms with Crippen LogP contribution >= 0.6 is 11.3 Å². The van der Waals surface area contributed by atoms with E-state index in [-0.39, 0.29) is 5.75 Å². The lowest BCUT2D eigenvalue weighted by Gasteiger charge is -2.22. The number of fused-ring (bicyclic) bond motifs is 1. The van der Waals surface area contributed by atoms with E-state index in [0.29, 0.717) is 5.56 Å². The lowest BCUT2D eigenvalue weighted by atomic mass is 9.94. The number of methoxy groups -OCH3 is 1. The Hall–Kier alpha value is -1.91. The van der Waals surface area contributed by atoms with Gasteiger partial charge in [0.25, 0.3) is 0 Å². The summed E-state index contributed by atoms with van der Waals surface area (Å²) in [5.74, 6) is -0.303. The molecule has 1 atom stereocenters. The Morgan fingerprint density at radius 3 is 2.57 bits per heavy atom.